The number of halogens is 2. The van der Waals surface area contributed by atoms with Gasteiger partial charge in [-0.25, -0.2) is 0 Å². The maximum Gasteiger partial charge on any atom is 0.0920 e. The monoisotopic (exact) mass is 379 g/mol. The smallest absolute Gasteiger partial charge is 0.0920 e. The third-order valence-corrected chi connectivity index (χ3v) is 5.12. The number of nitrogens with zero attached hydrogens (tertiary/aromatic N) is 1. The number of hydrogen-bond acceptors (Lipinski definition) is 2. The Balaban J connectivity index is 1.63. The standard InChI is InChI=1S/C18H19BrClNO/c19-16-6-4-15(5-7-16)18(22)8-10-21(11-9-18)13-14-2-1-3-17(20)12-14/h1-7,12,22H,8-11,13H2. The van der Waals surface area contributed by atoms with E-state index in [1.165, 1.54) is 5.56 Å². The van der Waals surface area contributed by atoms with E-state index in [0.29, 0.717) is 0 Å². The van der Waals surface area contributed by atoms with Crippen LogP contribution in [0.5, 0.6) is 0 Å². The molecule has 1 aliphatic rings. The first-order valence-electron chi connectivity index (χ1n) is 7.50. The molecule has 0 saturated carbocycles. The van der Waals surface area contributed by atoms with Crippen molar-refractivity contribution in [3.05, 3.63) is 69.2 Å². The zero-order valence-electron chi connectivity index (χ0n) is 12.3. The Hall–Kier alpha value is -0.870. The number of rotatable bonds is 3. The van der Waals surface area contributed by atoms with Crippen LogP contribution in [0.3, 0.4) is 0 Å². The minimum Gasteiger partial charge on any atom is -0.385 e. The molecular weight excluding hydrogens is 362 g/mol. The second-order valence-corrected chi connectivity index (χ2v) is 7.30. The lowest BCUT2D eigenvalue weighted by Crippen LogP contribution is -2.42. The summed E-state index contributed by atoms with van der Waals surface area (Å²) in [5.74, 6) is 0. The van der Waals surface area contributed by atoms with E-state index in [0.717, 1.165) is 47.5 Å². The topological polar surface area (TPSA) is 23.5 Å². The molecule has 1 saturated heterocycles. The van der Waals surface area contributed by atoms with Crippen LogP contribution in [0.2, 0.25) is 5.02 Å². The van der Waals surface area contributed by atoms with E-state index >= 15 is 0 Å². The molecule has 3 rings (SSSR count). The van der Waals surface area contributed by atoms with Crippen LogP contribution in [0.1, 0.15) is 24.0 Å². The summed E-state index contributed by atoms with van der Waals surface area (Å²) in [5.41, 5.74) is 1.53. The van der Waals surface area contributed by atoms with Gasteiger partial charge in [-0.2, -0.15) is 0 Å². The van der Waals surface area contributed by atoms with Gasteiger partial charge in [-0.05, 0) is 48.2 Å². The number of aliphatic hydroxyl groups is 1. The van der Waals surface area contributed by atoms with Crippen molar-refractivity contribution in [3.8, 4) is 0 Å². The minimum atomic E-state index is -0.703. The van der Waals surface area contributed by atoms with Crippen LogP contribution in [0, 0.1) is 0 Å². The van der Waals surface area contributed by atoms with Gasteiger partial charge in [0, 0.05) is 29.1 Å². The van der Waals surface area contributed by atoms with Gasteiger partial charge in [-0.1, -0.05) is 51.8 Å². The van der Waals surface area contributed by atoms with E-state index in [1.807, 2.05) is 42.5 Å². The highest BCUT2D eigenvalue weighted by Gasteiger charge is 2.33. The lowest BCUT2D eigenvalue weighted by Gasteiger charge is -2.38. The molecule has 0 unspecified atom stereocenters. The van der Waals surface area contributed by atoms with Crippen molar-refractivity contribution in [3.63, 3.8) is 0 Å². The van der Waals surface area contributed by atoms with Gasteiger partial charge in [0.15, 0.2) is 0 Å². The number of benzene rings is 2. The lowest BCUT2D eigenvalue weighted by atomic mass is 9.84. The van der Waals surface area contributed by atoms with Crippen LogP contribution >= 0.6 is 27.5 Å². The average molecular weight is 381 g/mol. The quantitative estimate of drug-likeness (QED) is 0.842. The van der Waals surface area contributed by atoms with Crippen molar-refractivity contribution < 1.29 is 5.11 Å². The summed E-state index contributed by atoms with van der Waals surface area (Å²) < 4.78 is 1.04. The summed E-state index contributed by atoms with van der Waals surface area (Å²) >= 11 is 9.48. The van der Waals surface area contributed by atoms with Crippen molar-refractivity contribution in [1.82, 2.24) is 4.90 Å². The van der Waals surface area contributed by atoms with E-state index in [1.54, 1.807) is 0 Å². The molecule has 1 N–H and O–H groups in total. The third-order valence-electron chi connectivity index (χ3n) is 4.36. The normalized spacial score (nSPS) is 18.3. The molecule has 0 amide bonds. The highest BCUT2D eigenvalue weighted by atomic mass is 79.9. The lowest BCUT2D eigenvalue weighted by molar-refractivity contribution is -0.0277. The first kappa shape index (κ1) is 16.0. The van der Waals surface area contributed by atoms with Crippen LogP contribution in [-0.2, 0) is 12.1 Å². The van der Waals surface area contributed by atoms with Gasteiger partial charge >= 0.3 is 0 Å². The van der Waals surface area contributed by atoms with Gasteiger partial charge in [0.05, 0.1) is 5.60 Å². The molecular formula is C18H19BrClNO. The Bertz CT molecular complexity index is 636. The summed E-state index contributed by atoms with van der Waals surface area (Å²) in [4.78, 5) is 2.37. The van der Waals surface area contributed by atoms with Gasteiger partial charge < -0.3 is 5.11 Å². The molecule has 2 nitrogen and oxygen atoms in total. The highest BCUT2D eigenvalue weighted by Crippen LogP contribution is 2.33. The van der Waals surface area contributed by atoms with Crippen LogP contribution in [-0.4, -0.2) is 23.1 Å². The molecule has 0 atom stereocenters. The van der Waals surface area contributed by atoms with Crippen LogP contribution in [0.25, 0.3) is 0 Å². The van der Waals surface area contributed by atoms with Gasteiger partial charge in [0.25, 0.3) is 0 Å². The fourth-order valence-electron chi connectivity index (χ4n) is 3.02. The fraction of sp³-hybridized carbons (Fsp3) is 0.333. The number of piperidine rings is 1. The van der Waals surface area contributed by atoms with Crippen LogP contribution in [0.4, 0.5) is 0 Å². The second-order valence-electron chi connectivity index (χ2n) is 5.94. The SMILES string of the molecule is OC1(c2ccc(Br)cc2)CCN(Cc2cccc(Cl)c2)CC1. The molecule has 1 fully saturated rings. The predicted molar refractivity (Wildman–Crippen MR) is 94.0 cm³/mol. The van der Waals surface area contributed by atoms with E-state index in [9.17, 15) is 5.11 Å². The minimum absolute atomic E-state index is 0.703. The molecule has 0 aromatic heterocycles. The van der Waals surface area contributed by atoms with Crippen LogP contribution in [0.15, 0.2) is 53.0 Å². The molecule has 1 aliphatic heterocycles. The average Bonchev–Trinajstić information content (AvgIpc) is 2.50. The molecule has 22 heavy (non-hydrogen) atoms. The summed E-state index contributed by atoms with van der Waals surface area (Å²) in [5, 5.41) is 11.7. The molecule has 0 radical (unpaired) electrons. The Morgan fingerprint density at radius 3 is 2.41 bits per heavy atom. The molecule has 0 bridgehead atoms. The molecule has 4 heteroatoms. The summed E-state index contributed by atoms with van der Waals surface area (Å²) in [6.07, 6.45) is 1.52. The third kappa shape index (κ3) is 3.72. The Morgan fingerprint density at radius 2 is 1.77 bits per heavy atom. The summed E-state index contributed by atoms with van der Waals surface area (Å²) in [7, 11) is 0. The fourth-order valence-corrected chi connectivity index (χ4v) is 3.50. The van der Waals surface area contributed by atoms with Crippen molar-refractivity contribution in [1.29, 1.82) is 0 Å². The largest absolute Gasteiger partial charge is 0.385 e. The second kappa shape index (κ2) is 6.71. The van der Waals surface area contributed by atoms with E-state index in [-0.39, 0.29) is 0 Å². The Labute approximate surface area is 144 Å². The molecule has 116 valence electrons. The first-order chi connectivity index (χ1) is 10.5. The maximum atomic E-state index is 10.9. The Morgan fingerprint density at radius 1 is 1.09 bits per heavy atom. The molecule has 2 aromatic rings. The van der Waals surface area contributed by atoms with Gasteiger partial charge in [-0.15, -0.1) is 0 Å². The maximum absolute atomic E-state index is 10.9. The number of hydrogen-bond donors (Lipinski definition) is 1. The van der Waals surface area contributed by atoms with Crippen molar-refractivity contribution >= 4 is 27.5 Å². The zero-order chi connectivity index (χ0) is 15.6. The van der Waals surface area contributed by atoms with Crippen molar-refractivity contribution in [2.75, 3.05) is 13.1 Å². The van der Waals surface area contributed by atoms with Crippen molar-refractivity contribution in [2.24, 2.45) is 0 Å². The summed E-state index contributed by atoms with van der Waals surface area (Å²) in [6.45, 7) is 2.66. The van der Waals surface area contributed by atoms with E-state index in [2.05, 4.69) is 26.9 Å². The number of likely N-dealkylation sites (tertiary alicyclic amines) is 1. The molecule has 1 heterocycles. The molecule has 2 aromatic carbocycles. The summed E-state index contributed by atoms with van der Waals surface area (Å²) in [6, 6.07) is 16.0. The zero-order valence-corrected chi connectivity index (χ0v) is 14.6. The Kier molecular flexibility index (Phi) is 4.88. The molecule has 0 aliphatic carbocycles. The van der Waals surface area contributed by atoms with Gasteiger partial charge in [0.2, 0.25) is 0 Å². The van der Waals surface area contributed by atoms with E-state index < -0.39 is 5.60 Å². The van der Waals surface area contributed by atoms with Crippen molar-refractivity contribution in [2.45, 2.75) is 25.0 Å². The predicted octanol–water partition coefficient (Wildman–Crippen LogP) is 4.59. The van der Waals surface area contributed by atoms with E-state index in [4.69, 9.17) is 11.6 Å². The van der Waals surface area contributed by atoms with Gasteiger partial charge in [-0.3, -0.25) is 4.90 Å². The van der Waals surface area contributed by atoms with Crippen LogP contribution < -0.4 is 0 Å². The molecule has 0 spiro atoms. The highest BCUT2D eigenvalue weighted by molar-refractivity contribution is 9.10. The first-order valence-corrected chi connectivity index (χ1v) is 8.67. The van der Waals surface area contributed by atoms with Gasteiger partial charge in [0.1, 0.15) is 0 Å².